The maximum absolute atomic E-state index is 12.7. The summed E-state index contributed by atoms with van der Waals surface area (Å²) < 4.78 is 38.2. The van der Waals surface area contributed by atoms with Gasteiger partial charge in [-0.2, -0.15) is 13.2 Å². The smallest absolute Gasteiger partial charge is 0.386 e. The number of carbonyl (C=O) groups is 1. The molecule has 0 fully saturated rings. The molecule has 0 spiro atoms. The van der Waals surface area contributed by atoms with E-state index >= 15 is 0 Å². The molecule has 0 saturated heterocycles. The summed E-state index contributed by atoms with van der Waals surface area (Å²) in [5.41, 5.74) is -0.223. The molecule has 0 aliphatic heterocycles. The van der Waals surface area contributed by atoms with Gasteiger partial charge in [-0.25, -0.2) is 0 Å². The topological polar surface area (TPSA) is 66.3 Å². The first kappa shape index (κ1) is 19.8. The molecule has 0 aliphatic rings. The number of hydrogen-bond acceptors (Lipinski definition) is 4. The molecule has 1 N–H and O–H groups in total. The zero-order valence-corrected chi connectivity index (χ0v) is 14.3. The van der Waals surface area contributed by atoms with Gasteiger partial charge in [-0.1, -0.05) is 13.0 Å². The van der Waals surface area contributed by atoms with Crippen LogP contribution in [0.2, 0.25) is 0 Å². The van der Waals surface area contributed by atoms with E-state index in [1.54, 1.807) is 18.3 Å². The molecule has 5 nitrogen and oxygen atoms in total. The number of halogens is 3. The second-order valence-electron chi connectivity index (χ2n) is 5.87. The van der Waals surface area contributed by atoms with Gasteiger partial charge in [-0.05, 0) is 30.2 Å². The fourth-order valence-corrected chi connectivity index (χ4v) is 2.50. The van der Waals surface area contributed by atoms with Gasteiger partial charge < -0.3 is 10.0 Å². The van der Waals surface area contributed by atoms with Gasteiger partial charge in [0.15, 0.2) is 0 Å². The zero-order chi connectivity index (χ0) is 19.2. The Hall–Kier alpha value is -2.48. The van der Waals surface area contributed by atoms with Crippen LogP contribution in [0.4, 0.5) is 13.2 Å². The molecule has 0 aliphatic carbocycles. The number of nitrogens with zero attached hydrogens (tertiary/aromatic N) is 3. The summed E-state index contributed by atoms with van der Waals surface area (Å²) in [4.78, 5) is 21.2. The third-order valence-corrected chi connectivity index (χ3v) is 3.78. The van der Waals surface area contributed by atoms with E-state index in [-0.39, 0.29) is 24.4 Å². The lowest BCUT2D eigenvalue weighted by molar-refractivity contribution is -0.141. The minimum Gasteiger partial charge on any atom is -0.386 e. The van der Waals surface area contributed by atoms with Crippen molar-refractivity contribution in [3.63, 3.8) is 0 Å². The van der Waals surface area contributed by atoms with Gasteiger partial charge >= 0.3 is 6.18 Å². The van der Waals surface area contributed by atoms with E-state index in [9.17, 15) is 23.1 Å². The molecule has 0 bridgehead atoms. The van der Waals surface area contributed by atoms with E-state index in [2.05, 4.69) is 9.97 Å². The van der Waals surface area contributed by atoms with Gasteiger partial charge in [-0.15, -0.1) is 0 Å². The van der Waals surface area contributed by atoms with Crippen LogP contribution in [-0.4, -0.2) is 39.0 Å². The summed E-state index contributed by atoms with van der Waals surface area (Å²) >= 11 is 0. The largest absolute Gasteiger partial charge is 0.433 e. The monoisotopic (exact) mass is 367 g/mol. The number of rotatable bonds is 7. The van der Waals surface area contributed by atoms with Gasteiger partial charge in [0.1, 0.15) is 5.69 Å². The highest BCUT2D eigenvalue weighted by Crippen LogP contribution is 2.27. The zero-order valence-electron chi connectivity index (χ0n) is 14.3. The maximum Gasteiger partial charge on any atom is 0.433 e. The Labute approximate surface area is 149 Å². The lowest BCUT2D eigenvalue weighted by atomic mass is 10.1. The Morgan fingerprint density at radius 3 is 2.69 bits per heavy atom. The number of carbonyl (C=O) groups excluding carboxylic acids is 1. The van der Waals surface area contributed by atoms with Gasteiger partial charge in [0, 0.05) is 30.7 Å². The normalized spacial score (nSPS) is 12.7. The highest BCUT2D eigenvalue weighted by molar-refractivity contribution is 5.78. The summed E-state index contributed by atoms with van der Waals surface area (Å²) in [7, 11) is 0. The van der Waals surface area contributed by atoms with Crippen LogP contribution >= 0.6 is 0 Å². The average Bonchev–Trinajstić information content (AvgIpc) is 2.61. The minimum atomic E-state index is -4.56. The number of pyridine rings is 2. The van der Waals surface area contributed by atoms with E-state index in [1.165, 1.54) is 17.2 Å². The molecular formula is C18H20F3N3O2. The molecule has 140 valence electrons. The van der Waals surface area contributed by atoms with Crippen LogP contribution in [-0.2, 0) is 17.4 Å². The Morgan fingerprint density at radius 1 is 1.31 bits per heavy atom. The molecule has 0 saturated carbocycles. The third-order valence-electron chi connectivity index (χ3n) is 3.78. The van der Waals surface area contributed by atoms with Crippen LogP contribution < -0.4 is 0 Å². The van der Waals surface area contributed by atoms with Crippen molar-refractivity contribution in [1.29, 1.82) is 0 Å². The Bertz CT molecular complexity index is 723. The van der Waals surface area contributed by atoms with Gasteiger partial charge in [0.2, 0.25) is 5.91 Å². The van der Waals surface area contributed by atoms with Gasteiger partial charge in [0.05, 0.1) is 19.1 Å². The predicted octanol–water partition coefficient (Wildman–Crippen LogP) is 3.01. The molecule has 2 aromatic rings. The quantitative estimate of drug-likeness (QED) is 0.817. The number of aliphatic hydroxyl groups is 1. The molecule has 0 unspecified atom stereocenters. The second kappa shape index (κ2) is 8.75. The highest BCUT2D eigenvalue weighted by atomic mass is 19.4. The maximum atomic E-state index is 12.7. The predicted molar refractivity (Wildman–Crippen MR) is 89.0 cm³/mol. The summed E-state index contributed by atoms with van der Waals surface area (Å²) in [5.74, 6) is -0.353. The number of amides is 1. The molecule has 2 aromatic heterocycles. The van der Waals surface area contributed by atoms with Gasteiger partial charge in [0.25, 0.3) is 0 Å². The van der Waals surface area contributed by atoms with Crippen LogP contribution in [0, 0.1) is 0 Å². The highest BCUT2D eigenvalue weighted by Gasteiger charge is 2.32. The van der Waals surface area contributed by atoms with E-state index in [4.69, 9.17) is 0 Å². The Balaban J connectivity index is 2.09. The van der Waals surface area contributed by atoms with Crippen molar-refractivity contribution in [1.82, 2.24) is 14.9 Å². The number of hydrogen-bond donors (Lipinski definition) is 1. The second-order valence-corrected chi connectivity index (χ2v) is 5.87. The molecule has 1 atom stereocenters. The average molecular weight is 367 g/mol. The van der Waals surface area contributed by atoms with Crippen LogP contribution in [0.15, 0.2) is 42.9 Å². The molecule has 0 radical (unpaired) electrons. The standard InChI is InChI=1S/C18H20F3N3O2/c1-2-8-24(12-15(25)14-4-3-6-22-11-14)17(26)10-13-5-7-23-16(9-13)18(19,20)21/h3-7,9,11,15,25H,2,8,10,12H2,1H3/t15-/m0/s1. The lowest BCUT2D eigenvalue weighted by Crippen LogP contribution is -2.36. The van der Waals surface area contributed by atoms with Crippen LogP contribution in [0.1, 0.15) is 36.3 Å². The van der Waals surface area contributed by atoms with Crippen molar-refractivity contribution in [2.24, 2.45) is 0 Å². The molecular weight excluding hydrogens is 347 g/mol. The summed E-state index contributed by atoms with van der Waals surface area (Å²) in [6, 6.07) is 5.64. The third kappa shape index (κ3) is 5.52. The van der Waals surface area contributed by atoms with Crippen molar-refractivity contribution in [3.8, 4) is 0 Å². The molecule has 1 amide bonds. The fourth-order valence-electron chi connectivity index (χ4n) is 2.50. The fraction of sp³-hybridized carbons (Fsp3) is 0.389. The van der Waals surface area contributed by atoms with Crippen LogP contribution in [0.5, 0.6) is 0 Å². The van der Waals surface area contributed by atoms with Crippen LogP contribution in [0.25, 0.3) is 0 Å². The molecule has 8 heteroatoms. The van der Waals surface area contributed by atoms with Crippen LogP contribution in [0.3, 0.4) is 0 Å². The Kier molecular flexibility index (Phi) is 6.68. The molecule has 2 rings (SSSR count). The van der Waals surface area contributed by atoms with Gasteiger partial charge in [-0.3, -0.25) is 14.8 Å². The summed E-state index contributed by atoms with van der Waals surface area (Å²) in [6.45, 7) is 2.33. The van der Waals surface area contributed by atoms with Crippen molar-refractivity contribution in [2.75, 3.05) is 13.1 Å². The summed E-state index contributed by atoms with van der Waals surface area (Å²) in [5, 5.41) is 10.3. The van der Waals surface area contributed by atoms with E-state index in [0.717, 1.165) is 12.3 Å². The van der Waals surface area contributed by atoms with Crippen molar-refractivity contribution in [2.45, 2.75) is 32.0 Å². The van der Waals surface area contributed by atoms with E-state index in [1.807, 2.05) is 6.92 Å². The summed E-state index contributed by atoms with van der Waals surface area (Å²) in [6.07, 6.45) is -0.868. The first-order valence-electron chi connectivity index (χ1n) is 8.19. The molecule has 2 heterocycles. The Morgan fingerprint density at radius 2 is 2.08 bits per heavy atom. The lowest BCUT2D eigenvalue weighted by Gasteiger charge is -2.25. The van der Waals surface area contributed by atoms with E-state index < -0.39 is 18.0 Å². The SMILES string of the molecule is CCCN(C[C@H](O)c1cccnc1)C(=O)Cc1ccnc(C(F)(F)F)c1. The number of aromatic nitrogens is 2. The minimum absolute atomic E-state index is 0.0512. The van der Waals surface area contributed by atoms with Crippen molar-refractivity contribution in [3.05, 3.63) is 59.7 Å². The number of aliphatic hydroxyl groups excluding tert-OH is 1. The number of alkyl halides is 3. The van der Waals surface area contributed by atoms with Crippen molar-refractivity contribution >= 4 is 5.91 Å². The molecule has 0 aromatic carbocycles. The van der Waals surface area contributed by atoms with E-state index in [0.29, 0.717) is 18.5 Å². The molecule has 26 heavy (non-hydrogen) atoms. The first-order chi connectivity index (χ1) is 12.3. The van der Waals surface area contributed by atoms with Crippen molar-refractivity contribution < 1.29 is 23.1 Å². The first-order valence-corrected chi connectivity index (χ1v) is 8.19.